The molecule has 0 bridgehead atoms. The minimum atomic E-state index is -3.47. The summed E-state index contributed by atoms with van der Waals surface area (Å²) in [6.45, 7) is 0.711. The van der Waals surface area contributed by atoms with E-state index in [4.69, 9.17) is 22.1 Å². The molecule has 1 atom stereocenters. The van der Waals surface area contributed by atoms with Gasteiger partial charge in [0, 0.05) is 23.8 Å². The maximum absolute atomic E-state index is 12.7. The predicted molar refractivity (Wildman–Crippen MR) is 102 cm³/mol. The van der Waals surface area contributed by atoms with Crippen LogP contribution in [0.3, 0.4) is 0 Å². The highest BCUT2D eigenvalue weighted by atomic mass is 35.5. The van der Waals surface area contributed by atoms with E-state index in [1.165, 1.54) is 16.6 Å². The molecule has 1 aliphatic heterocycles. The molecule has 0 spiro atoms. The number of aromatic nitrogens is 1. The Morgan fingerprint density at radius 2 is 2.04 bits per heavy atom. The Bertz CT molecular complexity index is 918. The van der Waals surface area contributed by atoms with E-state index in [-0.39, 0.29) is 24.1 Å². The van der Waals surface area contributed by atoms with Crippen molar-refractivity contribution in [3.05, 3.63) is 58.9 Å². The summed E-state index contributed by atoms with van der Waals surface area (Å²) in [4.78, 5) is 15.1. The molecule has 1 unspecified atom stereocenters. The van der Waals surface area contributed by atoms with Crippen LogP contribution in [0.25, 0.3) is 0 Å². The number of halogens is 1. The first-order valence-electron chi connectivity index (χ1n) is 8.48. The van der Waals surface area contributed by atoms with Gasteiger partial charge in [-0.25, -0.2) is 8.42 Å². The van der Waals surface area contributed by atoms with E-state index in [1.807, 2.05) is 0 Å². The Morgan fingerprint density at radius 1 is 1.30 bits per heavy atom. The Labute approximate surface area is 163 Å². The minimum absolute atomic E-state index is 0.0853. The highest BCUT2D eigenvalue weighted by molar-refractivity contribution is 7.88. The Hall–Kier alpha value is -2.16. The highest BCUT2D eigenvalue weighted by Crippen LogP contribution is 2.22. The summed E-state index contributed by atoms with van der Waals surface area (Å²) >= 11 is 5.85. The largest absolute Gasteiger partial charge is 0.489 e. The number of nitrogens with zero attached hydrogens (tertiary/aromatic N) is 2. The van der Waals surface area contributed by atoms with Gasteiger partial charge < -0.3 is 10.5 Å². The molecule has 0 saturated carbocycles. The van der Waals surface area contributed by atoms with E-state index < -0.39 is 15.9 Å². The third kappa shape index (κ3) is 5.18. The zero-order valence-corrected chi connectivity index (χ0v) is 16.1. The second-order valence-corrected chi connectivity index (χ2v) is 8.77. The number of benzene rings is 1. The van der Waals surface area contributed by atoms with E-state index in [2.05, 4.69) is 4.98 Å². The number of ether oxygens (including phenoxy) is 1. The highest BCUT2D eigenvalue weighted by Gasteiger charge is 2.30. The van der Waals surface area contributed by atoms with Gasteiger partial charge in [-0.05, 0) is 36.6 Å². The molecule has 3 rings (SSSR count). The summed E-state index contributed by atoms with van der Waals surface area (Å²) < 4.78 is 32.8. The van der Waals surface area contributed by atoms with Gasteiger partial charge in [-0.15, -0.1) is 0 Å². The van der Waals surface area contributed by atoms with Crippen LogP contribution in [0, 0.1) is 0 Å². The lowest BCUT2D eigenvalue weighted by Crippen LogP contribution is -2.44. The molecule has 1 fully saturated rings. The van der Waals surface area contributed by atoms with Crippen LogP contribution in [0.5, 0.6) is 5.75 Å². The molecule has 1 aliphatic rings. The number of amides is 1. The number of piperidine rings is 1. The van der Waals surface area contributed by atoms with Crippen molar-refractivity contribution in [2.45, 2.75) is 24.7 Å². The number of hydrogen-bond acceptors (Lipinski definition) is 5. The first-order chi connectivity index (χ1) is 12.8. The van der Waals surface area contributed by atoms with Crippen molar-refractivity contribution in [3.8, 4) is 5.75 Å². The maximum Gasteiger partial charge on any atom is 0.267 e. The molecular formula is C18H20ClN3O4S. The van der Waals surface area contributed by atoms with Gasteiger partial charge in [0.15, 0.2) is 0 Å². The number of primary amides is 1. The topological polar surface area (TPSA) is 103 Å². The number of nitrogens with two attached hydrogens (primary N) is 1. The van der Waals surface area contributed by atoms with Crippen molar-refractivity contribution in [2.24, 2.45) is 5.73 Å². The molecule has 0 aliphatic carbocycles. The standard InChI is InChI=1S/C18H20ClN3O4S/c19-14-5-3-13(4-6-14)12-27(24,25)22-9-1-2-16(11-22)26-15-7-8-21-17(10-15)18(20)23/h3-8,10,16H,1-2,9,11-12H2,(H2,20,23). The predicted octanol–water partition coefficient (Wildman–Crippen LogP) is 2.21. The Kier molecular flexibility index (Phi) is 5.98. The number of pyridine rings is 1. The van der Waals surface area contributed by atoms with Crippen LogP contribution in [0.15, 0.2) is 42.6 Å². The summed E-state index contributed by atoms with van der Waals surface area (Å²) in [6.07, 6.45) is 2.55. The zero-order chi connectivity index (χ0) is 19.4. The fraction of sp³-hybridized carbons (Fsp3) is 0.333. The van der Waals surface area contributed by atoms with Gasteiger partial charge in [-0.2, -0.15) is 4.31 Å². The SMILES string of the molecule is NC(=O)c1cc(OC2CCCN(S(=O)(=O)Cc3ccc(Cl)cc3)C2)ccn1. The molecule has 7 nitrogen and oxygen atoms in total. The van der Waals surface area contributed by atoms with Gasteiger partial charge >= 0.3 is 0 Å². The van der Waals surface area contributed by atoms with E-state index >= 15 is 0 Å². The molecule has 1 saturated heterocycles. The van der Waals surface area contributed by atoms with E-state index in [9.17, 15) is 13.2 Å². The number of sulfonamides is 1. The second-order valence-electron chi connectivity index (χ2n) is 6.36. The zero-order valence-electron chi connectivity index (χ0n) is 14.5. The average molecular weight is 410 g/mol. The molecule has 1 aromatic heterocycles. The smallest absolute Gasteiger partial charge is 0.267 e. The summed E-state index contributed by atoms with van der Waals surface area (Å²) in [5.74, 6) is -0.283. The Balaban J connectivity index is 1.67. The molecule has 27 heavy (non-hydrogen) atoms. The van der Waals surface area contributed by atoms with Crippen LogP contribution >= 0.6 is 11.6 Å². The molecule has 144 valence electrons. The number of hydrogen-bond donors (Lipinski definition) is 1. The Morgan fingerprint density at radius 3 is 2.74 bits per heavy atom. The fourth-order valence-corrected chi connectivity index (χ4v) is 4.67. The fourth-order valence-electron chi connectivity index (χ4n) is 2.95. The summed E-state index contributed by atoms with van der Waals surface area (Å²) in [5.41, 5.74) is 6.01. The van der Waals surface area contributed by atoms with Crippen LogP contribution in [-0.2, 0) is 15.8 Å². The van der Waals surface area contributed by atoms with Crippen LogP contribution in [0.2, 0.25) is 5.02 Å². The molecule has 1 aromatic carbocycles. The average Bonchev–Trinajstić information content (AvgIpc) is 2.64. The van der Waals surface area contributed by atoms with Crippen molar-refractivity contribution in [1.29, 1.82) is 0 Å². The molecule has 9 heteroatoms. The lowest BCUT2D eigenvalue weighted by molar-refractivity contribution is 0.0993. The van der Waals surface area contributed by atoms with Gasteiger partial charge in [-0.1, -0.05) is 23.7 Å². The lowest BCUT2D eigenvalue weighted by Gasteiger charge is -2.32. The summed E-state index contributed by atoms with van der Waals surface area (Å²) in [6, 6.07) is 9.85. The van der Waals surface area contributed by atoms with Crippen molar-refractivity contribution < 1.29 is 17.9 Å². The molecular weight excluding hydrogens is 390 g/mol. The molecule has 0 radical (unpaired) electrons. The van der Waals surface area contributed by atoms with E-state index in [0.717, 1.165) is 6.42 Å². The van der Waals surface area contributed by atoms with Crippen molar-refractivity contribution in [1.82, 2.24) is 9.29 Å². The molecule has 2 aromatic rings. The van der Waals surface area contributed by atoms with Crippen molar-refractivity contribution in [3.63, 3.8) is 0 Å². The van der Waals surface area contributed by atoms with Gasteiger partial charge in [-0.3, -0.25) is 9.78 Å². The van der Waals surface area contributed by atoms with Gasteiger partial charge in [0.2, 0.25) is 10.0 Å². The van der Waals surface area contributed by atoms with Crippen molar-refractivity contribution in [2.75, 3.05) is 13.1 Å². The quantitative estimate of drug-likeness (QED) is 0.787. The van der Waals surface area contributed by atoms with Gasteiger partial charge in [0.05, 0.1) is 12.3 Å². The van der Waals surface area contributed by atoms with Crippen LogP contribution in [-0.4, -0.2) is 42.8 Å². The normalized spacial score (nSPS) is 18.2. The molecule has 1 amide bonds. The third-order valence-corrected chi connectivity index (χ3v) is 6.35. The maximum atomic E-state index is 12.7. The first kappa shape index (κ1) is 19.6. The second kappa shape index (κ2) is 8.24. The summed E-state index contributed by atoms with van der Waals surface area (Å²) in [5, 5.41) is 0.565. The van der Waals surface area contributed by atoms with E-state index in [1.54, 1.807) is 30.3 Å². The monoisotopic (exact) mass is 409 g/mol. The number of carbonyl (C=O) groups excluding carboxylic acids is 1. The lowest BCUT2D eigenvalue weighted by atomic mass is 10.1. The minimum Gasteiger partial charge on any atom is -0.489 e. The van der Waals surface area contributed by atoms with Crippen LogP contribution in [0.1, 0.15) is 28.9 Å². The van der Waals surface area contributed by atoms with Gasteiger partial charge in [0.25, 0.3) is 5.91 Å². The number of carbonyl (C=O) groups is 1. The van der Waals surface area contributed by atoms with Crippen molar-refractivity contribution >= 4 is 27.5 Å². The van der Waals surface area contributed by atoms with Gasteiger partial charge in [0.1, 0.15) is 17.5 Å². The third-order valence-electron chi connectivity index (χ3n) is 4.28. The first-order valence-corrected chi connectivity index (χ1v) is 10.5. The summed E-state index contributed by atoms with van der Waals surface area (Å²) in [7, 11) is -3.47. The van der Waals surface area contributed by atoms with E-state index in [0.29, 0.717) is 29.3 Å². The van der Waals surface area contributed by atoms with Crippen LogP contribution < -0.4 is 10.5 Å². The number of rotatable bonds is 6. The van der Waals surface area contributed by atoms with Crippen LogP contribution in [0.4, 0.5) is 0 Å². The molecule has 2 N–H and O–H groups in total. The molecule has 2 heterocycles.